The van der Waals surface area contributed by atoms with Crippen LogP contribution in [0.4, 0.5) is 0 Å². The molecule has 0 saturated heterocycles. The lowest BCUT2D eigenvalue weighted by molar-refractivity contribution is -0.140. The Labute approximate surface area is 163 Å². The van der Waals surface area contributed by atoms with Crippen molar-refractivity contribution >= 4 is 5.97 Å². The van der Waals surface area contributed by atoms with E-state index >= 15 is 0 Å². The first-order chi connectivity index (χ1) is 12.6. The molecule has 3 heteroatoms. The van der Waals surface area contributed by atoms with E-state index < -0.39 is 12.0 Å². The first-order valence-corrected chi connectivity index (χ1v) is 11.6. The van der Waals surface area contributed by atoms with Gasteiger partial charge in [-0.2, -0.15) is 0 Å². The molecule has 0 aromatic carbocycles. The number of carboxylic acids is 1. The lowest BCUT2D eigenvalue weighted by Gasteiger charge is -2.17. The second kappa shape index (κ2) is 19.2. The zero-order chi connectivity index (χ0) is 19.5. The Morgan fingerprint density at radius 1 is 0.692 bits per heavy atom. The maximum absolute atomic E-state index is 11.1. The molecule has 0 aliphatic rings. The van der Waals surface area contributed by atoms with E-state index in [2.05, 4.69) is 12.2 Å². The van der Waals surface area contributed by atoms with Crippen LogP contribution >= 0.6 is 0 Å². The summed E-state index contributed by atoms with van der Waals surface area (Å²) >= 11 is 0. The maximum atomic E-state index is 11.1. The van der Waals surface area contributed by atoms with Crippen LogP contribution in [-0.4, -0.2) is 23.7 Å². The molecule has 0 radical (unpaired) electrons. The predicted molar refractivity (Wildman–Crippen MR) is 114 cm³/mol. The van der Waals surface area contributed by atoms with Gasteiger partial charge in [-0.1, -0.05) is 117 Å². The molecule has 0 spiro atoms. The van der Waals surface area contributed by atoms with Gasteiger partial charge in [0, 0.05) is 0 Å². The van der Waals surface area contributed by atoms with Crippen molar-refractivity contribution in [3.05, 3.63) is 0 Å². The summed E-state index contributed by atoms with van der Waals surface area (Å²) in [5, 5.41) is 12.3. The van der Waals surface area contributed by atoms with Crippen LogP contribution in [0.2, 0.25) is 0 Å². The molecule has 0 aliphatic carbocycles. The van der Waals surface area contributed by atoms with Gasteiger partial charge in [-0.15, -0.1) is 0 Å². The highest BCUT2D eigenvalue weighted by atomic mass is 16.4. The third-order valence-electron chi connectivity index (χ3n) is 5.33. The van der Waals surface area contributed by atoms with E-state index in [9.17, 15) is 4.79 Å². The van der Waals surface area contributed by atoms with Crippen molar-refractivity contribution in [1.29, 1.82) is 0 Å². The Morgan fingerprint density at radius 2 is 1.04 bits per heavy atom. The molecule has 2 N–H and O–H groups in total. The van der Waals surface area contributed by atoms with Gasteiger partial charge >= 0.3 is 5.97 Å². The minimum Gasteiger partial charge on any atom is -0.480 e. The van der Waals surface area contributed by atoms with E-state index in [1.54, 1.807) is 0 Å². The Bertz CT molecular complexity index is 305. The van der Waals surface area contributed by atoms with E-state index in [1.165, 1.54) is 96.3 Å². The zero-order valence-electron chi connectivity index (χ0n) is 18.0. The largest absolute Gasteiger partial charge is 0.480 e. The van der Waals surface area contributed by atoms with Crippen molar-refractivity contribution in [3.8, 4) is 0 Å². The van der Waals surface area contributed by atoms with Crippen molar-refractivity contribution in [2.75, 3.05) is 6.54 Å². The van der Waals surface area contributed by atoms with Gasteiger partial charge in [0.1, 0.15) is 6.04 Å². The minimum atomic E-state index is -0.725. The van der Waals surface area contributed by atoms with Crippen molar-refractivity contribution in [2.45, 2.75) is 130 Å². The molecule has 0 bridgehead atoms. The number of unbranched alkanes of at least 4 members (excludes halogenated alkanes) is 15. The summed E-state index contributed by atoms with van der Waals surface area (Å²) in [6.45, 7) is 7.02. The summed E-state index contributed by atoms with van der Waals surface area (Å²) < 4.78 is 0. The fourth-order valence-corrected chi connectivity index (χ4v) is 3.54. The molecule has 0 aromatic rings. The summed E-state index contributed by atoms with van der Waals surface area (Å²) in [6.07, 6.45) is 21.9. The van der Waals surface area contributed by atoms with Crippen LogP contribution in [0.15, 0.2) is 0 Å². The summed E-state index contributed by atoms with van der Waals surface area (Å²) in [6, 6.07) is -0.397. The fraction of sp³-hybridized carbons (Fsp3) is 0.957. The van der Waals surface area contributed by atoms with E-state index in [0.717, 1.165) is 13.0 Å². The molecule has 0 saturated carbocycles. The second-order valence-corrected chi connectivity index (χ2v) is 8.32. The fourth-order valence-electron chi connectivity index (χ4n) is 3.54. The van der Waals surface area contributed by atoms with Gasteiger partial charge in [0.15, 0.2) is 0 Å². The van der Waals surface area contributed by atoms with E-state index in [-0.39, 0.29) is 5.92 Å². The molecule has 0 unspecified atom stereocenters. The number of hydrogen-bond acceptors (Lipinski definition) is 2. The van der Waals surface area contributed by atoms with Crippen LogP contribution in [0.5, 0.6) is 0 Å². The molecule has 0 rings (SSSR count). The molecule has 156 valence electrons. The first kappa shape index (κ1) is 25.4. The van der Waals surface area contributed by atoms with E-state index in [1.807, 2.05) is 13.8 Å². The van der Waals surface area contributed by atoms with E-state index in [0.29, 0.717) is 0 Å². The Kier molecular flexibility index (Phi) is 18.8. The third kappa shape index (κ3) is 16.9. The predicted octanol–water partition coefficient (Wildman–Crippen LogP) is 6.95. The highest BCUT2D eigenvalue weighted by Gasteiger charge is 2.19. The first-order valence-electron chi connectivity index (χ1n) is 11.6. The van der Waals surface area contributed by atoms with Crippen LogP contribution in [0.3, 0.4) is 0 Å². The van der Waals surface area contributed by atoms with E-state index in [4.69, 9.17) is 5.11 Å². The molecular formula is C23H47NO2. The second-order valence-electron chi connectivity index (χ2n) is 8.32. The van der Waals surface area contributed by atoms with Crippen LogP contribution in [0, 0.1) is 5.92 Å². The molecule has 0 heterocycles. The molecule has 0 fully saturated rings. The van der Waals surface area contributed by atoms with Gasteiger partial charge in [-0.25, -0.2) is 0 Å². The highest BCUT2D eigenvalue weighted by molar-refractivity contribution is 5.73. The van der Waals surface area contributed by atoms with Crippen LogP contribution < -0.4 is 5.32 Å². The number of hydrogen-bond donors (Lipinski definition) is 2. The minimum absolute atomic E-state index is 0.147. The summed E-state index contributed by atoms with van der Waals surface area (Å²) in [7, 11) is 0. The van der Waals surface area contributed by atoms with Crippen LogP contribution in [0.1, 0.15) is 124 Å². The Balaban J connectivity index is 3.19. The number of carboxylic acid groups (broad SMARTS) is 1. The molecule has 0 aliphatic heterocycles. The van der Waals surface area contributed by atoms with Gasteiger partial charge in [0.2, 0.25) is 0 Å². The number of aliphatic carboxylic acids is 1. The monoisotopic (exact) mass is 369 g/mol. The molecule has 1 atom stereocenters. The van der Waals surface area contributed by atoms with Crippen molar-refractivity contribution in [2.24, 2.45) is 5.92 Å². The van der Waals surface area contributed by atoms with Crippen molar-refractivity contribution in [1.82, 2.24) is 5.32 Å². The SMILES string of the molecule is CCCCCCCCCCCCCCCCCCN[C@H](C(=O)O)C(C)C. The number of rotatable bonds is 20. The number of nitrogens with one attached hydrogen (secondary N) is 1. The normalized spacial score (nSPS) is 12.6. The molecule has 0 amide bonds. The summed E-state index contributed by atoms with van der Waals surface area (Å²) in [5.74, 6) is -0.579. The standard InChI is InChI=1S/C23H47NO2/c1-4-5-6-7-8-9-10-11-12-13-14-15-16-17-18-19-20-24-22(21(2)3)23(25)26/h21-22,24H,4-20H2,1-3H3,(H,25,26)/t22-/m0/s1. The topological polar surface area (TPSA) is 49.3 Å². The van der Waals surface area contributed by atoms with Crippen LogP contribution in [-0.2, 0) is 4.79 Å². The van der Waals surface area contributed by atoms with Crippen molar-refractivity contribution < 1.29 is 9.90 Å². The van der Waals surface area contributed by atoms with Crippen LogP contribution in [0.25, 0.3) is 0 Å². The van der Waals surface area contributed by atoms with Gasteiger partial charge in [-0.3, -0.25) is 4.79 Å². The lowest BCUT2D eigenvalue weighted by Crippen LogP contribution is -2.41. The van der Waals surface area contributed by atoms with Gasteiger partial charge in [-0.05, 0) is 18.9 Å². The third-order valence-corrected chi connectivity index (χ3v) is 5.33. The quantitative estimate of drug-likeness (QED) is 0.228. The Hall–Kier alpha value is -0.570. The molecule has 3 nitrogen and oxygen atoms in total. The van der Waals surface area contributed by atoms with Gasteiger partial charge in [0.25, 0.3) is 0 Å². The lowest BCUT2D eigenvalue weighted by atomic mass is 10.0. The average molecular weight is 370 g/mol. The smallest absolute Gasteiger partial charge is 0.320 e. The molecule has 0 aromatic heterocycles. The van der Waals surface area contributed by atoms with Gasteiger partial charge < -0.3 is 10.4 Å². The molecular weight excluding hydrogens is 322 g/mol. The van der Waals surface area contributed by atoms with Crippen molar-refractivity contribution in [3.63, 3.8) is 0 Å². The highest BCUT2D eigenvalue weighted by Crippen LogP contribution is 2.13. The molecule has 26 heavy (non-hydrogen) atoms. The Morgan fingerprint density at radius 3 is 1.35 bits per heavy atom. The average Bonchev–Trinajstić information content (AvgIpc) is 2.60. The van der Waals surface area contributed by atoms with Gasteiger partial charge in [0.05, 0.1) is 0 Å². The summed E-state index contributed by atoms with van der Waals surface area (Å²) in [5.41, 5.74) is 0. The zero-order valence-corrected chi connectivity index (χ0v) is 18.0. The number of carbonyl (C=O) groups is 1. The summed E-state index contributed by atoms with van der Waals surface area (Å²) in [4.78, 5) is 11.1. The maximum Gasteiger partial charge on any atom is 0.320 e.